The molecule has 0 spiro atoms. The fourth-order valence-electron chi connectivity index (χ4n) is 1.33. The molecule has 92 valence electrons. The number of halogens is 1. The maximum absolute atomic E-state index is 10.8. The molecular weight excluding hydrogens is 256 g/mol. The molecule has 2 rings (SSSR count). The summed E-state index contributed by atoms with van der Waals surface area (Å²) in [6, 6.07) is 8.04. The molecule has 0 fully saturated rings. The number of carboxylic acid groups (broad SMARTS) is 1. The summed E-state index contributed by atoms with van der Waals surface area (Å²) in [6.07, 6.45) is 0. The molecule has 5 nitrogen and oxygen atoms in total. The van der Waals surface area contributed by atoms with Crippen molar-refractivity contribution < 1.29 is 14.6 Å². The molecule has 0 aliphatic heterocycles. The van der Waals surface area contributed by atoms with Gasteiger partial charge in [0.2, 0.25) is 0 Å². The van der Waals surface area contributed by atoms with E-state index in [1.165, 1.54) is 6.07 Å². The van der Waals surface area contributed by atoms with E-state index in [1.807, 2.05) is 0 Å². The van der Waals surface area contributed by atoms with Crippen molar-refractivity contribution in [2.75, 3.05) is 0 Å². The minimum atomic E-state index is -1.13. The van der Waals surface area contributed by atoms with Gasteiger partial charge in [0.25, 0.3) is 0 Å². The largest absolute Gasteiger partial charge is 0.477 e. The van der Waals surface area contributed by atoms with E-state index < -0.39 is 5.97 Å². The van der Waals surface area contributed by atoms with Crippen molar-refractivity contribution in [1.82, 2.24) is 9.97 Å². The summed E-state index contributed by atoms with van der Waals surface area (Å²) in [7, 11) is 0. The lowest BCUT2D eigenvalue weighted by atomic mass is 10.3. The molecule has 0 unspecified atom stereocenters. The Morgan fingerprint density at radius 1 is 1.33 bits per heavy atom. The van der Waals surface area contributed by atoms with E-state index in [1.54, 1.807) is 31.2 Å². The van der Waals surface area contributed by atoms with Gasteiger partial charge < -0.3 is 9.84 Å². The second-order valence-electron chi connectivity index (χ2n) is 3.54. The van der Waals surface area contributed by atoms with Crippen LogP contribution in [0.4, 0.5) is 0 Å². The van der Waals surface area contributed by atoms with Crippen molar-refractivity contribution in [3.8, 4) is 11.8 Å². The highest BCUT2D eigenvalue weighted by Crippen LogP contribution is 2.21. The van der Waals surface area contributed by atoms with Gasteiger partial charge >= 0.3 is 12.0 Å². The number of carbonyl (C=O) groups is 1. The molecule has 0 atom stereocenters. The highest BCUT2D eigenvalue weighted by atomic mass is 35.5. The standard InChI is InChI=1S/C12H9ClN2O3/c1-7-5-10(11(16)17)15-12(14-7)18-9-4-2-3-8(13)6-9/h2-6H,1H3,(H,16,17). The molecule has 1 aromatic carbocycles. The zero-order valence-electron chi connectivity index (χ0n) is 9.42. The van der Waals surface area contributed by atoms with Gasteiger partial charge in [-0.3, -0.25) is 0 Å². The minimum absolute atomic E-state index is 0.0188. The Balaban J connectivity index is 2.31. The van der Waals surface area contributed by atoms with Gasteiger partial charge in [0, 0.05) is 10.7 Å². The number of carboxylic acids is 1. The van der Waals surface area contributed by atoms with E-state index in [0.717, 1.165) is 0 Å². The van der Waals surface area contributed by atoms with Crippen LogP contribution >= 0.6 is 11.6 Å². The lowest BCUT2D eigenvalue weighted by Gasteiger charge is -2.05. The summed E-state index contributed by atoms with van der Waals surface area (Å²) in [4.78, 5) is 18.6. The summed E-state index contributed by atoms with van der Waals surface area (Å²) in [5.41, 5.74) is 0.402. The number of rotatable bonds is 3. The maximum atomic E-state index is 10.8. The van der Waals surface area contributed by atoms with Crippen molar-refractivity contribution in [2.45, 2.75) is 6.92 Å². The summed E-state index contributed by atoms with van der Waals surface area (Å²) >= 11 is 5.81. The highest BCUT2D eigenvalue weighted by Gasteiger charge is 2.10. The summed E-state index contributed by atoms with van der Waals surface area (Å²) < 4.78 is 5.36. The van der Waals surface area contributed by atoms with Crippen LogP contribution in [0.5, 0.6) is 11.8 Å². The predicted molar refractivity (Wildman–Crippen MR) is 65.3 cm³/mol. The molecule has 0 amide bonds. The van der Waals surface area contributed by atoms with E-state index in [2.05, 4.69) is 9.97 Å². The molecule has 1 heterocycles. The van der Waals surface area contributed by atoms with Crippen molar-refractivity contribution in [2.24, 2.45) is 0 Å². The Morgan fingerprint density at radius 2 is 2.11 bits per heavy atom. The van der Waals surface area contributed by atoms with Crippen molar-refractivity contribution in [3.63, 3.8) is 0 Å². The Kier molecular flexibility index (Phi) is 3.43. The third kappa shape index (κ3) is 2.95. The fourth-order valence-corrected chi connectivity index (χ4v) is 1.51. The first-order valence-corrected chi connectivity index (χ1v) is 5.45. The smallest absolute Gasteiger partial charge is 0.354 e. The zero-order chi connectivity index (χ0) is 13.1. The highest BCUT2D eigenvalue weighted by molar-refractivity contribution is 6.30. The van der Waals surface area contributed by atoms with Gasteiger partial charge in [0.05, 0.1) is 0 Å². The van der Waals surface area contributed by atoms with Crippen molar-refractivity contribution in [3.05, 3.63) is 46.7 Å². The van der Waals surface area contributed by atoms with Crippen LogP contribution in [0, 0.1) is 6.92 Å². The quantitative estimate of drug-likeness (QED) is 0.923. The lowest BCUT2D eigenvalue weighted by molar-refractivity contribution is 0.0689. The number of hydrogen-bond acceptors (Lipinski definition) is 4. The number of aryl methyl sites for hydroxylation is 1. The molecule has 6 heteroatoms. The number of hydrogen-bond donors (Lipinski definition) is 1. The van der Waals surface area contributed by atoms with E-state index in [4.69, 9.17) is 21.4 Å². The molecule has 2 aromatic rings. The normalized spacial score (nSPS) is 10.1. The molecule has 0 aliphatic carbocycles. The van der Waals surface area contributed by atoms with Crippen LogP contribution in [0.1, 0.15) is 16.2 Å². The van der Waals surface area contributed by atoms with E-state index >= 15 is 0 Å². The van der Waals surface area contributed by atoms with E-state index in [-0.39, 0.29) is 11.7 Å². The number of aromatic nitrogens is 2. The second-order valence-corrected chi connectivity index (χ2v) is 3.98. The Labute approximate surface area is 108 Å². The SMILES string of the molecule is Cc1cc(C(=O)O)nc(Oc2cccc(Cl)c2)n1. The van der Waals surface area contributed by atoms with E-state index in [9.17, 15) is 4.79 Å². The van der Waals surface area contributed by atoms with Crippen molar-refractivity contribution in [1.29, 1.82) is 0 Å². The third-order valence-electron chi connectivity index (χ3n) is 2.06. The molecule has 1 aromatic heterocycles. The molecule has 0 saturated carbocycles. The van der Waals surface area contributed by atoms with Gasteiger partial charge in [-0.1, -0.05) is 17.7 Å². The topological polar surface area (TPSA) is 72.3 Å². The maximum Gasteiger partial charge on any atom is 0.354 e. The van der Waals surface area contributed by atoms with Gasteiger partial charge in [-0.05, 0) is 31.2 Å². The Bertz CT molecular complexity index is 602. The molecule has 18 heavy (non-hydrogen) atoms. The first-order chi connectivity index (χ1) is 8.54. The van der Waals surface area contributed by atoms with Crippen molar-refractivity contribution >= 4 is 17.6 Å². The van der Waals surface area contributed by atoms with Crippen LogP contribution in [-0.4, -0.2) is 21.0 Å². The lowest BCUT2D eigenvalue weighted by Crippen LogP contribution is -2.04. The predicted octanol–water partition coefficient (Wildman–Crippen LogP) is 2.93. The number of aromatic carboxylic acids is 1. The number of nitrogens with zero attached hydrogens (tertiary/aromatic N) is 2. The summed E-state index contributed by atoms with van der Waals surface area (Å²) in [6.45, 7) is 1.67. The van der Waals surface area contributed by atoms with E-state index in [0.29, 0.717) is 16.5 Å². The molecule has 0 aliphatic rings. The average Bonchev–Trinajstić information content (AvgIpc) is 2.28. The van der Waals surface area contributed by atoms with Crippen LogP contribution in [0.2, 0.25) is 5.02 Å². The fraction of sp³-hybridized carbons (Fsp3) is 0.0833. The summed E-state index contributed by atoms with van der Waals surface area (Å²) in [5, 5.41) is 9.39. The number of ether oxygens (including phenoxy) is 1. The first-order valence-electron chi connectivity index (χ1n) is 5.07. The average molecular weight is 265 g/mol. The molecular formula is C12H9ClN2O3. The molecule has 1 N–H and O–H groups in total. The van der Waals surface area contributed by atoms with Gasteiger partial charge in [-0.25, -0.2) is 9.78 Å². The Hall–Kier alpha value is -2.14. The van der Waals surface area contributed by atoms with Gasteiger partial charge in [0.15, 0.2) is 5.69 Å². The summed E-state index contributed by atoms with van der Waals surface area (Å²) in [5.74, 6) is -0.680. The van der Waals surface area contributed by atoms with Crippen LogP contribution in [0.3, 0.4) is 0 Å². The molecule has 0 radical (unpaired) electrons. The third-order valence-corrected chi connectivity index (χ3v) is 2.29. The molecule has 0 bridgehead atoms. The van der Waals surface area contributed by atoms with Crippen LogP contribution in [0.25, 0.3) is 0 Å². The monoisotopic (exact) mass is 264 g/mol. The van der Waals surface area contributed by atoms with Gasteiger partial charge in [0.1, 0.15) is 5.75 Å². The second kappa shape index (κ2) is 5.01. The number of benzene rings is 1. The Morgan fingerprint density at radius 3 is 2.78 bits per heavy atom. The zero-order valence-corrected chi connectivity index (χ0v) is 10.2. The van der Waals surface area contributed by atoms with Crippen LogP contribution < -0.4 is 4.74 Å². The minimum Gasteiger partial charge on any atom is -0.477 e. The molecule has 0 saturated heterocycles. The van der Waals surface area contributed by atoms with Crippen LogP contribution in [-0.2, 0) is 0 Å². The first kappa shape index (κ1) is 12.3. The van der Waals surface area contributed by atoms with Gasteiger partial charge in [-0.2, -0.15) is 4.98 Å². The van der Waals surface area contributed by atoms with Crippen LogP contribution in [0.15, 0.2) is 30.3 Å². The van der Waals surface area contributed by atoms with Gasteiger partial charge in [-0.15, -0.1) is 0 Å².